The highest BCUT2D eigenvalue weighted by Gasteiger charge is 2.27. The van der Waals surface area contributed by atoms with E-state index in [1.54, 1.807) is 13.0 Å². The molecule has 3 nitrogen and oxygen atoms in total. The van der Waals surface area contributed by atoms with E-state index in [-0.39, 0.29) is 23.5 Å². The van der Waals surface area contributed by atoms with Crippen molar-refractivity contribution in [2.45, 2.75) is 19.4 Å². The van der Waals surface area contributed by atoms with Crippen molar-refractivity contribution in [2.24, 2.45) is 5.92 Å². The Morgan fingerprint density at radius 3 is 2.94 bits per heavy atom. The first kappa shape index (κ1) is 11.2. The summed E-state index contributed by atoms with van der Waals surface area (Å²) in [7, 11) is 0. The van der Waals surface area contributed by atoms with E-state index in [4.69, 9.17) is 5.73 Å². The molecular formula is C12H17FN2O. The third kappa shape index (κ3) is 1.97. The largest absolute Gasteiger partial charge is 0.395 e. The second kappa shape index (κ2) is 4.29. The summed E-state index contributed by atoms with van der Waals surface area (Å²) in [6, 6.07) is 4.85. The van der Waals surface area contributed by atoms with Gasteiger partial charge in [-0.1, -0.05) is 6.07 Å². The molecule has 1 fully saturated rings. The minimum atomic E-state index is -0.377. The van der Waals surface area contributed by atoms with Crippen molar-refractivity contribution < 1.29 is 9.50 Å². The molecule has 1 aliphatic heterocycles. The Labute approximate surface area is 94.7 Å². The average molecular weight is 224 g/mol. The van der Waals surface area contributed by atoms with Crippen LogP contribution < -0.4 is 10.6 Å². The van der Waals surface area contributed by atoms with Gasteiger partial charge in [0, 0.05) is 19.0 Å². The maximum Gasteiger partial charge on any atom is 0.148 e. The van der Waals surface area contributed by atoms with E-state index in [0.29, 0.717) is 0 Å². The van der Waals surface area contributed by atoms with Crippen LogP contribution in [-0.2, 0) is 0 Å². The number of aliphatic hydroxyl groups excluding tert-OH is 1. The van der Waals surface area contributed by atoms with Gasteiger partial charge in [-0.2, -0.15) is 0 Å². The van der Waals surface area contributed by atoms with Gasteiger partial charge in [-0.3, -0.25) is 0 Å². The van der Waals surface area contributed by atoms with Crippen molar-refractivity contribution in [3.8, 4) is 0 Å². The minimum absolute atomic E-state index is 0.203. The molecule has 1 aromatic carbocycles. The Morgan fingerprint density at radius 2 is 2.31 bits per heavy atom. The van der Waals surface area contributed by atoms with E-state index in [1.807, 2.05) is 11.0 Å². The van der Waals surface area contributed by atoms with Crippen LogP contribution in [0.4, 0.5) is 15.8 Å². The number of nitrogens with zero attached hydrogens (tertiary/aromatic N) is 1. The number of benzene rings is 1. The smallest absolute Gasteiger partial charge is 0.148 e. The van der Waals surface area contributed by atoms with Crippen molar-refractivity contribution >= 4 is 11.4 Å². The fourth-order valence-corrected chi connectivity index (χ4v) is 2.20. The number of para-hydroxylation sites is 1. The molecule has 0 aliphatic carbocycles. The Kier molecular flexibility index (Phi) is 3.01. The van der Waals surface area contributed by atoms with Crippen LogP contribution in [0.3, 0.4) is 0 Å². The molecule has 0 aromatic heterocycles. The molecule has 0 bridgehead atoms. The third-order valence-corrected chi connectivity index (χ3v) is 3.28. The third-order valence-electron chi connectivity index (χ3n) is 3.28. The molecule has 3 N–H and O–H groups in total. The van der Waals surface area contributed by atoms with Crippen LogP contribution in [0.5, 0.6) is 0 Å². The molecule has 1 aromatic rings. The molecule has 2 rings (SSSR count). The highest BCUT2D eigenvalue weighted by molar-refractivity contribution is 5.68. The van der Waals surface area contributed by atoms with Gasteiger partial charge in [-0.15, -0.1) is 0 Å². The summed E-state index contributed by atoms with van der Waals surface area (Å²) in [5.74, 6) is -0.124. The number of nitrogens with two attached hydrogens (primary N) is 1. The standard InChI is InChI=1S/C12H17FN2O/c1-8(16)9-5-6-15(7-9)11-4-2-3-10(13)12(11)14/h2-4,8-9,16H,5-7,14H2,1H3. The first-order valence-electron chi connectivity index (χ1n) is 5.56. The second-order valence-corrected chi connectivity index (χ2v) is 4.41. The van der Waals surface area contributed by atoms with Gasteiger partial charge < -0.3 is 15.7 Å². The molecule has 0 spiro atoms. The van der Waals surface area contributed by atoms with E-state index in [1.165, 1.54) is 6.07 Å². The molecule has 88 valence electrons. The number of nitrogen functional groups attached to an aromatic ring is 1. The molecular weight excluding hydrogens is 207 g/mol. The van der Waals surface area contributed by atoms with Crippen molar-refractivity contribution in [3.63, 3.8) is 0 Å². The topological polar surface area (TPSA) is 49.5 Å². The Balaban J connectivity index is 2.17. The molecule has 16 heavy (non-hydrogen) atoms. The summed E-state index contributed by atoms with van der Waals surface area (Å²) in [5.41, 5.74) is 6.65. The molecule has 4 heteroatoms. The van der Waals surface area contributed by atoms with Crippen LogP contribution >= 0.6 is 0 Å². The summed E-state index contributed by atoms with van der Waals surface area (Å²) in [5, 5.41) is 9.51. The lowest BCUT2D eigenvalue weighted by molar-refractivity contribution is 0.136. The quantitative estimate of drug-likeness (QED) is 0.750. The fourth-order valence-electron chi connectivity index (χ4n) is 2.20. The molecule has 2 unspecified atom stereocenters. The van der Waals surface area contributed by atoms with Gasteiger partial charge in [0.25, 0.3) is 0 Å². The van der Waals surface area contributed by atoms with E-state index >= 15 is 0 Å². The van der Waals surface area contributed by atoms with Crippen LogP contribution in [0.2, 0.25) is 0 Å². The Morgan fingerprint density at radius 1 is 1.56 bits per heavy atom. The van der Waals surface area contributed by atoms with Crippen molar-refractivity contribution in [2.75, 3.05) is 23.7 Å². The lowest BCUT2D eigenvalue weighted by atomic mass is 10.0. The number of rotatable bonds is 2. The summed E-state index contributed by atoms with van der Waals surface area (Å²) in [6.45, 7) is 3.36. The second-order valence-electron chi connectivity index (χ2n) is 4.41. The van der Waals surface area contributed by atoms with Crippen LogP contribution in [0.15, 0.2) is 18.2 Å². The van der Waals surface area contributed by atoms with E-state index in [9.17, 15) is 9.50 Å². The Bertz CT molecular complexity index is 381. The SMILES string of the molecule is CC(O)C1CCN(c2cccc(F)c2N)C1. The van der Waals surface area contributed by atoms with Gasteiger partial charge in [0.15, 0.2) is 0 Å². The molecule has 0 saturated carbocycles. The number of hydrogen-bond acceptors (Lipinski definition) is 3. The monoisotopic (exact) mass is 224 g/mol. The van der Waals surface area contributed by atoms with Gasteiger partial charge in [-0.25, -0.2) is 4.39 Å². The number of anilines is 2. The minimum Gasteiger partial charge on any atom is -0.395 e. The normalized spacial score (nSPS) is 22.4. The van der Waals surface area contributed by atoms with Crippen LogP contribution in [0.25, 0.3) is 0 Å². The van der Waals surface area contributed by atoms with Gasteiger partial charge in [0.2, 0.25) is 0 Å². The molecule has 1 heterocycles. The lowest BCUT2D eigenvalue weighted by Gasteiger charge is -2.21. The predicted octanol–water partition coefficient (Wildman–Crippen LogP) is 1.61. The van der Waals surface area contributed by atoms with Gasteiger partial charge in [0.1, 0.15) is 5.82 Å². The summed E-state index contributed by atoms with van der Waals surface area (Å²) >= 11 is 0. The Hall–Kier alpha value is -1.29. The van der Waals surface area contributed by atoms with Crippen molar-refractivity contribution in [1.82, 2.24) is 0 Å². The van der Waals surface area contributed by atoms with Gasteiger partial charge >= 0.3 is 0 Å². The number of halogens is 1. The van der Waals surface area contributed by atoms with E-state index in [2.05, 4.69) is 0 Å². The lowest BCUT2D eigenvalue weighted by Crippen LogP contribution is -2.24. The molecule has 1 aliphatic rings. The van der Waals surface area contributed by atoms with Gasteiger partial charge in [-0.05, 0) is 25.5 Å². The van der Waals surface area contributed by atoms with Crippen LogP contribution in [0, 0.1) is 11.7 Å². The first-order valence-corrected chi connectivity index (χ1v) is 5.56. The zero-order valence-corrected chi connectivity index (χ0v) is 9.36. The fraction of sp³-hybridized carbons (Fsp3) is 0.500. The zero-order chi connectivity index (χ0) is 11.7. The summed E-state index contributed by atoms with van der Waals surface area (Å²) in [4.78, 5) is 2.04. The van der Waals surface area contributed by atoms with Crippen LogP contribution in [-0.4, -0.2) is 24.3 Å². The first-order chi connectivity index (χ1) is 7.59. The van der Waals surface area contributed by atoms with E-state index < -0.39 is 0 Å². The molecule has 2 atom stereocenters. The maximum atomic E-state index is 13.3. The molecule has 1 saturated heterocycles. The van der Waals surface area contributed by atoms with Crippen molar-refractivity contribution in [3.05, 3.63) is 24.0 Å². The highest BCUT2D eigenvalue weighted by atomic mass is 19.1. The van der Waals surface area contributed by atoms with Crippen LogP contribution in [0.1, 0.15) is 13.3 Å². The van der Waals surface area contributed by atoms with E-state index in [0.717, 1.165) is 25.2 Å². The maximum absolute atomic E-state index is 13.3. The van der Waals surface area contributed by atoms with Gasteiger partial charge in [0.05, 0.1) is 17.5 Å². The summed E-state index contributed by atoms with van der Waals surface area (Å²) < 4.78 is 13.3. The highest BCUT2D eigenvalue weighted by Crippen LogP contribution is 2.31. The number of hydrogen-bond donors (Lipinski definition) is 2. The summed E-state index contributed by atoms with van der Waals surface area (Å²) in [6.07, 6.45) is 0.605. The average Bonchev–Trinajstić information content (AvgIpc) is 2.71. The number of aliphatic hydroxyl groups is 1. The van der Waals surface area contributed by atoms with Crippen molar-refractivity contribution in [1.29, 1.82) is 0 Å². The predicted molar refractivity (Wildman–Crippen MR) is 62.8 cm³/mol. The zero-order valence-electron chi connectivity index (χ0n) is 9.36. The molecule has 0 radical (unpaired) electrons. The molecule has 0 amide bonds.